The summed E-state index contributed by atoms with van der Waals surface area (Å²) in [5.74, 6) is 0. The van der Waals surface area contributed by atoms with Gasteiger partial charge in [-0.3, -0.25) is 28.5 Å². The standard InChI is InChI=1S/C39H24N8O8S2/c1-41-56(52,53)16-4-10-27-25(12-16)42-36-20-9-7-19-33-29(47(50)51)15-23-31-21(37-43-26-13-17(57(54,55)44(2)3)5-11-28(26)46(37)39(23)49)8-6-18(35(31)33)32-24(40)14-22(30(20)34(19)32)38(48)45(27)36/h4-15,41H,40H2,1-3H3. The third-order valence-corrected chi connectivity index (χ3v) is 14.5. The van der Waals surface area contributed by atoms with Gasteiger partial charge in [-0.05, 0) is 72.4 Å². The van der Waals surface area contributed by atoms with E-state index < -0.39 is 36.1 Å². The highest BCUT2D eigenvalue weighted by Crippen LogP contribution is 2.50. The third-order valence-electron chi connectivity index (χ3n) is 11.3. The van der Waals surface area contributed by atoms with Gasteiger partial charge in [0.15, 0.2) is 0 Å². The summed E-state index contributed by atoms with van der Waals surface area (Å²) in [6, 6.07) is 18.4. The lowest BCUT2D eigenvalue weighted by Gasteiger charge is -2.19. The maximum absolute atomic E-state index is 14.5. The molecule has 18 heteroatoms. The Morgan fingerprint density at radius 2 is 1.14 bits per heavy atom. The summed E-state index contributed by atoms with van der Waals surface area (Å²) < 4.78 is 57.3. The van der Waals surface area contributed by atoms with Crippen molar-refractivity contribution in [1.82, 2.24) is 27.8 Å². The van der Waals surface area contributed by atoms with Crippen molar-refractivity contribution in [2.24, 2.45) is 0 Å². The molecule has 0 aliphatic rings. The number of hydrogen-bond acceptors (Lipinski definition) is 11. The number of hydrogen-bond donors (Lipinski definition) is 2. The van der Waals surface area contributed by atoms with Crippen molar-refractivity contribution < 1.29 is 21.8 Å². The zero-order valence-electron chi connectivity index (χ0n) is 29.8. The molecule has 0 aliphatic heterocycles. The summed E-state index contributed by atoms with van der Waals surface area (Å²) in [5.41, 5.74) is 7.45. The Morgan fingerprint density at radius 3 is 1.68 bits per heavy atom. The van der Waals surface area contributed by atoms with E-state index in [1.807, 2.05) is 0 Å². The monoisotopic (exact) mass is 796 g/mol. The first-order chi connectivity index (χ1) is 27.1. The Labute approximate surface area is 318 Å². The second-order valence-corrected chi connectivity index (χ2v) is 18.3. The zero-order valence-corrected chi connectivity index (χ0v) is 31.4. The van der Waals surface area contributed by atoms with Crippen LogP contribution in [0.3, 0.4) is 0 Å². The van der Waals surface area contributed by atoms with Crippen LogP contribution in [-0.2, 0) is 20.0 Å². The number of nitro groups is 1. The molecule has 4 aromatic heterocycles. The van der Waals surface area contributed by atoms with Crippen LogP contribution < -0.4 is 21.6 Å². The number of anilines is 1. The number of aromatic nitrogens is 4. The molecule has 0 aliphatic carbocycles. The highest BCUT2D eigenvalue weighted by molar-refractivity contribution is 7.89. The fourth-order valence-electron chi connectivity index (χ4n) is 8.76. The topological polar surface area (TPSA) is 221 Å². The summed E-state index contributed by atoms with van der Waals surface area (Å²) >= 11 is 0. The molecule has 0 saturated carbocycles. The molecule has 16 nitrogen and oxygen atoms in total. The van der Waals surface area contributed by atoms with E-state index in [1.165, 1.54) is 72.4 Å². The molecule has 0 unspecified atom stereocenters. The van der Waals surface area contributed by atoms with Gasteiger partial charge in [0.2, 0.25) is 20.0 Å². The molecule has 0 fully saturated rings. The van der Waals surface area contributed by atoms with E-state index in [4.69, 9.17) is 15.7 Å². The van der Waals surface area contributed by atoms with Crippen LogP contribution in [0.5, 0.6) is 0 Å². The van der Waals surface area contributed by atoms with Gasteiger partial charge in [0.1, 0.15) is 11.3 Å². The van der Waals surface area contributed by atoms with Crippen molar-refractivity contribution in [3.8, 4) is 0 Å². The molecular formula is C39H24N8O8S2. The van der Waals surface area contributed by atoms with Gasteiger partial charge >= 0.3 is 0 Å². The molecule has 11 aromatic rings. The average molecular weight is 797 g/mol. The molecule has 57 heavy (non-hydrogen) atoms. The minimum Gasteiger partial charge on any atom is -0.398 e. The number of sulfonamides is 2. The summed E-state index contributed by atoms with van der Waals surface area (Å²) in [7, 11) is -3.52. The predicted octanol–water partition coefficient (Wildman–Crippen LogP) is 4.89. The lowest BCUT2D eigenvalue weighted by Crippen LogP contribution is -2.22. The summed E-state index contributed by atoms with van der Waals surface area (Å²) in [4.78, 5) is 50.9. The van der Waals surface area contributed by atoms with Gasteiger partial charge < -0.3 is 5.73 Å². The summed E-state index contributed by atoms with van der Waals surface area (Å²) in [6.45, 7) is 0. The van der Waals surface area contributed by atoms with Crippen molar-refractivity contribution in [3.63, 3.8) is 0 Å². The largest absolute Gasteiger partial charge is 0.398 e. The van der Waals surface area contributed by atoms with Gasteiger partial charge in [0, 0.05) is 63.6 Å². The van der Waals surface area contributed by atoms with Crippen molar-refractivity contribution in [2.45, 2.75) is 9.79 Å². The molecule has 11 rings (SSSR count). The number of rotatable bonds is 5. The first kappa shape index (κ1) is 33.5. The number of nitrogen functional groups attached to an aromatic ring is 1. The molecule has 0 atom stereocenters. The molecule has 0 bridgehead atoms. The van der Waals surface area contributed by atoms with Crippen LogP contribution in [-0.4, -0.2) is 66.0 Å². The van der Waals surface area contributed by atoms with E-state index in [-0.39, 0.29) is 59.7 Å². The van der Waals surface area contributed by atoms with E-state index in [2.05, 4.69) is 4.72 Å². The smallest absolute Gasteiger partial charge is 0.278 e. The van der Waals surface area contributed by atoms with E-state index >= 15 is 0 Å². The normalized spacial score (nSPS) is 13.3. The SMILES string of the molecule is CNS(=O)(=O)c1ccc2c(c1)nc1c3ccc4c5c([N+](=O)[O-])cc6c(=O)n7c8ccc(S(=O)(=O)N(C)C)cc8nc7c7ccc(c8c(N)cc(c(=O)n21)c3c48)c5c67. The van der Waals surface area contributed by atoms with E-state index in [0.29, 0.717) is 59.5 Å². The van der Waals surface area contributed by atoms with Gasteiger partial charge in [-0.2, -0.15) is 0 Å². The predicted molar refractivity (Wildman–Crippen MR) is 218 cm³/mol. The van der Waals surface area contributed by atoms with Crippen LogP contribution in [0, 0.1) is 10.1 Å². The average Bonchev–Trinajstić information content (AvgIpc) is 3.77. The minimum absolute atomic E-state index is 0.0131. The van der Waals surface area contributed by atoms with Gasteiger partial charge in [-0.1, -0.05) is 12.1 Å². The number of pyridine rings is 2. The molecule has 3 N–H and O–H groups in total. The van der Waals surface area contributed by atoms with E-state index in [0.717, 1.165) is 4.31 Å². The number of nitro benzene ring substituents is 1. The molecule has 0 saturated heterocycles. The van der Waals surface area contributed by atoms with Crippen molar-refractivity contribution in [3.05, 3.63) is 104 Å². The van der Waals surface area contributed by atoms with E-state index in [1.54, 1.807) is 30.3 Å². The maximum Gasteiger partial charge on any atom is 0.278 e. The summed E-state index contributed by atoms with van der Waals surface area (Å²) in [6.07, 6.45) is 0. The van der Waals surface area contributed by atoms with Crippen LogP contribution in [0.2, 0.25) is 0 Å². The Bertz CT molecular complexity index is 4070. The van der Waals surface area contributed by atoms with Crippen molar-refractivity contribution in [2.75, 3.05) is 26.9 Å². The first-order valence-electron chi connectivity index (χ1n) is 17.3. The number of fused-ring (bicyclic) bond motifs is 10. The molecule has 0 spiro atoms. The molecule has 0 amide bonds. The third kappa shape index (κ3) is 3.96. The van der Waals surface area contributed by atoms with Gasteiger partial charge in [0.25, 0.3) is 16.8 Å². The Morgan fingerprint density at radius 1 is 0.649 bits per heavy atom. The number of imidazole rings is 2. The summed E-state index contributed by atoms with van der Waals surface area (Å²) in [5, 5.41) is 17.9. The fraction of sp³-hybridized carbons (Fsp3) is 0.0769. The minimum atomic E-state index is -3.83. The number of nitrogens with zero attached hydrogens (tertiary/aromatic N) is 6. The fourth-order valence-corrected chi connectivity index (χ4v) is 10.4. The van der Waals surface area contributed by atoms with Crippen LogP contribution >= 0.6 is 0 Å². The van der Waals surface area contributed by atoms with Crippen LogP contribution in [0.15, 0.2) is 92.2 Å². The van der Waals surface area contributed by atoms with Crippen LogP contribution in [0.25, 0.3) is 98.0 Å². The number of nitrogens with two attached hydrogens (primary N) is 1. The van der Waals surface area contributed by atoms with Crippen LogP contribution in [0.4, 0.5) is 11.4 Å². The highest BCUT2D eigenvalue weighted by Gasteiger charge is 2.30. The molecule has 7 aromatic carbocycles. The Kier molecular flexibility index (Phi) is 6.17. The molecule has 0 radical (unpaired) electrons. The van der Waals surface area contributed by atoms with E-state index in [9.17, 15) is 36.5 Å². The van der Waals surface area contributed by atoms with Gasteiger partial charge in [-0.25, -0.2) is 35.8 Å². The van der Waals surface area contributed by atoms with Gasteiger partial charge in [0.05, 0.1) is 52.9 Å². The molecule has 280 valence electrons. The lowest BCUT2D eigenvalue weighted by molar-refractivity contribution is -0.382. The Balaban J connectivity index is 1.32. The molecule has 4 heterocycles. The Hall–Kier alpha value is -6.86. The van der Waals surface area contributed by atoms with Gasteiger partial charge in [-0.15, -0.1) is 0 Å². The van der Waals surface area contributed by atoms with Crippen LogP contribution in [0.1, 0.15) is 0 Å². The van der Waals surface area contributed by atoms with Crippen molar-refractivity contribution in [1.29, 1.82) is 0 Å². The second-order valence-electron chi connectivity index (χ2n) is 14.2. The number of nitrogens with one attached hydrogen (secondary N) is 1. The number of non-ortho nitro benzene ring substituents is 1. The molecular weight excluding hydrogens is 773 g/mol. The zero-order chi connectivity index (χ0) is 39.8. The second kappa shape index (κ2) is 10.5. The quantitative estimate of drug-likeness (QED) is 0.0785. The number of benzene rings is 7. The van der Waals surface area contributed by atoms with Crippen molar-refractivity contribution >= 4 is 129 Å². The maximum atomic E-state index is 14.5. The highest BCUT2D eigenvalue weighted by atomic mass is 32.2. The lowest BCUT2D eigenvalue weighted by atomic mass is 9.84. The first-order valence-corrected chi connectivity index (χ1v) is 20.3.